The van der Waals surface area contributed by atoms with E-state index in [4.69, 9.17) is 10.2 Å². The summed E-state index contributed by atoms with van der Waals surface area (Å²) < 4.78 is 0. The minimum atomic E-state index is 0.129. The number of unbranched alkanes of at least 4 members (excludes halogenated alkanes) is 13. The van der Waals surface area contributed by atoms with E-state index in [0.717, 1.165) is 6.42 Å². The molecule has 0 spiro atoms. The molecule has 0 aromatic carbocycles. The molecule has 0 radical (unpaired) electrons. The Hall–Kier alpha value is -0.600. The number of hydrogen-bond donors (Lipinski definition) is 2. The van der Waals surface area contributed by atoms with Crippen molar-refractivity contribution < 1.29 is 10.2 Å². The van der Waals surface area contributed by atoms with Crippen molar-refractivity contribution in [1.29, 1.82) is 0 Å². The maximum Gasteiger partial charge on any atom is 0.0615 e. The molecule has 0 aromatic heterocycles. The van der Waals surface area contributed by atoms with E-state index >= 15 is 0 Å². The van der Waals surface area contributed by atoms with Crippen molar-refractivity contribution in [1.82, 2.24) is 0 Å². The molecule has 144 valence electrons. The maximum absolute atomic E-state index is 8.64. The summed E-state index contributed by atoms with van der Waals surface area (Å²) in [6, 6.07) is 0. The fourth-order valence-electron chi connectivity index (χ4n) is 2.56. The van der Waals surface area contributed by atoms with Crippen LogP contribution in [0.2, 0.25) is 0 Å². The van der Waals surface area contributed by atoms with Crippen molar-refractivity contribution in [2.75, 3.05) is 13.2 Å². The quantitative estimate of drug-likeness (QED) is 0.246. The van der Waals surface area contributed by atoms with E-state index in [1.807, 2.05) is 19.1 Å². The summed E-state index contributed by atoms with van der Waals surface area (Å²) in [6.45, 7) is 4.71. The van der Waals surface area contributed by atoms with E-state index in [1.165, 1.54) is 83.5 Å². The summed E-state index contributed by atoms with van der Waals surface area (Å²) >= 11 is 0. The van der Waals surface area contributed by atoms with Gasteiger partial charge >= 0.3 is 0 Å². The fourth-order valence-corrected chi connectivity index (χ4v) is 2.56. The van der Waals surface area contributed by atoms with Gasteiger partial charge in [-0.05, 0) is 13.3 Å². The molecule has 0 atom stereocenters. The Kier molecular flexibility index (Phi) is 29.1. The van der Waals surface area contributed by atoms with Gasteiger partial charge in [-0.15, -0.1) is 0 Å². The van der Waals surface area contributed by atoms with Crippen molar-refractivity contribution in [3.05, 3.63) is 24.3 Å². The lowest BCUT2D eigenvalue weighted by Crippen LogP contribution is -1.84. The van der Waals surface area contributed by atoms with E-state index in [1.54, 1.807) is 12.2 Å². The van der Waals surface area contributed by atoms with Crippen molar-refractivity contribution in [3.63, 3.8) is 0 Å². The first-order valence-corrected chi connectivity index (χ1v) is 10.3. The molecule has 0 fully saturated rings. The molecule has 0 unspecified atom stereocenters. The summed E-state index contributed by atoms with van der Waals surface area (Å²) in [7, 11) is 0. The van der Waals surface area contributed by atoms with Crippen LogP contribution in [0.25, 0.3) is 0 Å². The topological polar surface area (TPSA) is 40.5 Å². The first kappa shape index (κ1) is 25.6. The number of rotatable bonds is 16. The zero-order chi connectivity index (χ0) is 18.1. The zero-order valence-electron chi connectivity index (χ0n) is 16.5. The fraction of sp³-hybridized carbons (Fsp3) is 0.818. The van der Waals surface area contributed by atoms with E-state index in [0.29, 0.717) is 6.61 Å². The minimum absolute atomic E-state index is 0.129. The van der Waals surface area contributed by atoms with Crippen LogP contribution in [0.3, 0.4) is 0 Å². The lowest BCUT2D eigenvalue weighted by atomic mass is 10.0. The van der Waals surface area contributed by atoms with Crippen LogP contribution in [0.1, 0.15) is 104 Å². The molecular weight excluding hydrogens is 296 g/mol. The Morgan fingerprint density at radius 3 is 1.33 bits per heavy atom. The highest BCUT2D eigenvalue weighted by Gasteiger charge is 1.93. The molecule has 0 aliphatic carbocycles. The second-order valence-corrected chi connectivity index (χ2v) is 6.46. The minimum Gasteiger partial charge on any atom is -0.396 e. The van der Waals surface area contributed by atoms with Crippen LogP contribution >= 0.6 is 0 Å². The Labute approximate surface area is 152 Å². The standard InChI is InChI=1S/C16H34O.C6H10O/c1-2-3-4-5-6-7-8-9-10-11-12-13-14-15-16-17;1-2-3-4-5-6-7/h17H,2-16H2,1H3;2-5,7H,6H2,1H3. The molecule has 2 nitrogen and oxygen atoms in total. The lowest BCUT2D eigenvalue weighted by molar-refractivity contribution is 0.282. The molecule has 0 amide bonds. The molecule has 0 saturated heterocycles. The first-order valence-electron chi connectivity index (χ1n) is 10.3. The second kappa shape index (κ2) is 27.3. The Balaban J connectivity index is 0. The molecule has 0 saturated carbocycles. The van der Waals surface area contributed by atoms with E-state index in [9.17, 15) is 0 Å². The van der Waals surface area contributed by atoms with Gasteiger partial charge in [0.1, 0.15) is 0 Å². The largest absolute Gasteiger partial charge is 0.396 e. The molecule has 2 N–H and O–H groups in total. The van der Waals surface area contributed by atoms with Gasteiger partial charge in [-0.1, -0.05) is 115 Å². The van der Waals surface area contributed by atoms with Gasteiger partial charge < -0.3 is 10.2 Å². The summed E-state index contributed by atoms with van der Waals surface area (Å²) in [5, 5.41) is 16.8. The predicted molar refractivity (Wildman–Crippen MR) is 108 cm³/mol. The van der Waals surface area contributed by atoms with Gasteiger partial charge in [0.25, 0.3) is 0 Å². The monoisotopic (exact) mass is 340 g/mol. The zero-order valence-corrected chi connectivity index (χ0v) is 16.5. The highest BCUT2D eigenvalue weighted by Crippen LogP contribution is 2.12. The number of aliphatic hydroxyl groups excluding tert-OH is 2. The van der Waals surface area contributed by atoms with Crippen LogP contribution in [-0.2, 0) is 0 Å². The number of hydrogen-bond acceptors (Lipinski definition) is 2. The van der Waals surface area contributed by atoms with E-state index < -0.39 is 0 Å². The normalized spacial score (nSPS) is 11.2. The van der Waals surface area contributed by atoms with Gasteiger partial charge in [-0.25, -0.2) is 0 Å². The van der Waals surface area contributed by atoms with Gasteiger partial charge in [-0.3, -0.25) is 0 Å². The van der Waals surface area contributed by atoms with Crippen LogP contribution < -0.4 is 0 Å². The van der Waals surface area contributed by atoms with Crippen LogP contribution in [0.5, 0.6) is 0 Å². The molecule has 24 heavy (non-hydrogen) atoms. The average Bonchev–Trinajstić information content (AvgIpc) is 2.60. The van der Waals surface area contributed by atoms with Gasteiger partial charge in [0.2, 0.25) is 0 Å². The molecule has 0 rings (SSSR count). The SMILES string of the molecule is CC=CC=CCO.CCCCCCCCCCCCCCCCO. The van der Waals surface area contributed by atoms with Crippen molar-refractivity contribution in [3.8, 4) is 0 Å². The molecule has 0 bridgehead atoms. The Morgan fingerprint density at radius 2 is 1.00 bits per heavy atom. The van der Waals surface area contributed by atoms with E-state index in [2.05, 4.69) is 6.92 Å². The summed E-state index contributed by atoms with van der Waals surface area (Å²) in [6.07, 6.45) is 26.5. The highest BCUT2D eigenvalue weighted by molar-refractivity contribution is 5.00. The smallest absolute Gasteiger partial charge is 0.0615 e. The third kappa shape index (κ3) is 29.4. The lowest BCUT2D eigenvalue weighted by Gasteiger charge is -2.02. The molecule has 2 heteroatoms. The molecule has 0 aromatic rings. The highest BCUT2D eigenvalue weighted by atomic mass is 16.3. The third-order valence-electron chi connectivity index (χ3n) is 4.06. The number of aliphatic hydroxyl groups is 2. The molecule has 0 aliphatic rings. The Morgan fingerprint density at radius 1 is 0.583 bits per heavy atom. The number of allylic oxidation sites excluding steroid dienone is 3. The maximum atomic E-state index is 8.64. The summed E-state index contributed by atoms with van der Waals surface area (Å²) in [4.78, 5) is 0. The van der Waals surface area contributed by atoms with Crippen molar-refractivity contribution in [2.24, 2.45) is 0 Å². The van der Waals surface area contributed by atoms with Gasteiger partial charge in [0, 0.05) is 6.61 Å². The predicted octanol–water partition coefficient (Wildman–Crippen LogP) is 6.57. The first-order chi connectivity index (χ1) is 11.8. The van der Waals surface area contributed by atoms with Crippen molar-refractivity contribution in [2.45, 2.75) is 104 Å². The van der Waals surface area contributed by atoms with Crippen LogP contribution in [0, 0.1) is 0 Å². The average molecular weight is 341 g/mol. The second-order valence-electron chi connectivity index (χ2n) is 6.46. The van der Waals surface area contributed by atoms with Crippen molar-refractivity contribution >= 4 is 0 Å². The van der Waals surface area contributed by atoms with Gasteiger partial charge in [0.15, 0.2) is 0 Å². The molecule has 0 heterocycles. The summed E-state index contributed by atoms with van der Waals surface area (Å²) in [5.74, 6) is 0. The van der Waals surface area contributed by atoms with Crippen LogP contribution in [0.4, 0.5) is 0 Å². The Bertz CT molecular complexity index is 232. The van der Waals surface area contributed by atoms with Crippen LogP contribution in [0.15, 0.2) is 24.3 Å². The molecular formula is C22H44O2. The van der Waals surface area contributed by atoms with Gasteiger partial charge in [0.05, 0.1) is 6.61 Å². The van der Waals surface area contributed by atoms with E-state index in [-0.39, 0.29) is 6.61 Å². The molecule has 0 aliphatic heterocycles. The van der Waals surface area contributed by atoms with Crippen LogP contribution in [-0.4, -0.2) is 23.4 Å². The third-order valence-corrected chi connectivity index (χ3v) is 4.06. The summed E-state index contributed by atoms with van der Waals surface area (Å²) in [5.41, 5.74) is 0. The van der Waals surface area contributed by atoms with Gasteiger partial charge in [-0.2, -0.15) is 0 Å².